The van der Waals surface area contributed by atoms with Gasteiger partial charge in [-0.15, -0.1) is 11.3 Å². The Bertz CT molecular complexity index is 280. The van der Waals surface area contributed by atoms with Crippen molar-refractivity contribution < 1.29 is 0 Å². The van der Waals surface area contributed by atoms with E-state index < -0.39 is 0 Å². The van der Waals surface area contributed by atoms with Gasteiger partial charge in [-0.25, -0.2) is 0 Å². The van der Waals surface area contributed by atoms with E-state index in [1.54, 1.807) is 0 Å². The molecule has 2 atom stereocenters. The molecule has 2 heteroatoms. The second kappa shape index (κ2) is 6.29. The lowest BCUT2D eigenvalue weighted by Gasteiger charge is -2.19. The minimum atomic E-state index is 0.497. The van der Waals surface area contributed by atoms with Gasteiger partial charge in [0.15, 0.2) is 0 Å². The highest BCUT2D eigenvalue weighted by atomic mass is 32.1. The maximum absolute atomic E-state index is 3.67. The fourth-order valence-corrected chi connectivity index (χ4v) is 2.87. The molecule has 0 aliphatic carbocycles. The van der Waals surface area contributed by atoms with Crippen molar-refractivity contribution in [2.45, 2.75) is 59.0 Å². The van der Waals surface area contributed by atoms with Crippen molar-refractivity contribution in [3.63, 3.8) is 0 Å². The Morgan fingerprint density at radius 3 is 2.67 bits per heavy atom. The molecule has 1 aromatic heterocycles. The minimum absolute atomic E-state index is 0.497. The molecular formula is C13H23NS. The van der Waals surface area contributed by atoms with Crippen LogP contribution < -0.4 is 5.32 Å². The lowest BCUT2D eigenvalue weighted by molar-refractivity contribution is 0.447. The molecule has 0 saturated carbocycles. The summed E-state index contributed by atoms with van der Waals surface area (Å²) in [6.45, 7) is 9.00. The number of aryl methyl sites for hydroxylation is 1. The van der Waals surface area contributed by atoms with Crippen LogP contribution in [0.15, 0.2) is 11.4 Å². The molecular weight excluding hydrogens is 202 g/mol. The molecule has 0 spiro atoms. The van der Waals surface area contributed by atoms with Crippen LogP contribution >= 0.6 is 11.3 Å². The topological polar surface area (TPSA) is 12.0 Å². The Balaban J connectivity index is 2.42. The predicted octanol–water partition coefficient (Wildman–Crippen LogP) is 4.29. The van der Waals surface area contributed by atoms with Crippen LogP contribution in [0.3, 0.4) is 0 Å². The molecule has 0 aromatic carbocycles. The Morgan fingerprint density at radius 1 is 1.40 bits per heavy atom. The van der Waals surface area contributed by atoms with Gasteiger partial charge in [-0.2, -0.15) is 0 Å². The fraction of sp³-hybridized carbons (Fsp3) is 0.692. The lowest BCUT2D eigenvalue weighted by atomic mass is 10.1. The van der Waals surface area contributed by atoms with E-state index in [-0.39, 0.29) is 0 Å². The highest BCUT2D eigenvalue weighted by molar-refractivity contribution is 7.10. The van der Waals surface area contributed by atoms with Gasteiger partial charge < -0.3 is 5.32 Å². The first-order valence-electron chi connectivity index (χ1n) is 5.95. The molecule has 2 unspecified atom stereocenters. The molecule has 0 saturated heterocycles. The van der Waals surface area contributed by atoms with Crippen molar-refractivity contribution >= 4 is 11.3 Å². The quantitative estimate of drug-likeness (QED) is 0.761. The number of nitrogens with one attached hydrogen (secondary N) is 1. The molecule has 15 heavy (non-hydrogen) atoms. The molecule has 0 radical (unpaired) electrons. The monoisotopic (exact) mass is 225 g/mol. The van der Waals surface area contributed by atoms with Crippen molar-refractivity contribution in [2.24, 2.45) is 0 Å². The average molecular weight is 225 g/mol. The maximum atomic E-state index is 3.67. The molecule has 0 amide bonds. The number of rotatable bonds is 6. The summed E-state index contributed by atoms with van der Waals surface area (Å²) in [5.74, 6) is 0. The van der Waals surface area contributed by atoms with Crippen LogP contribution in [0.5, 0.6) is 0 Å². The van der Waals surface area contributed by atoms with E-state index in [4.69, 9.17) is 0 Å². The predicted molar refractivity (Wildman–Crippen MR) is 69.6 cm³/mol. The molecule has 0 bridgehead atoms. The standard InChI is InChI=1S/C13H23NS/c1-5-6-7-11(3)14-12(4)13-10(2)8-9-15-13/h8-9,11-12,14H,5-7H2,1-4H3. The Kier molecular flexibility index (Phi) is 5.34. The van der Waals surface area contributed by atoms with Gasteiger partial charge in [-0.3, -0.25) is 0 Å². The van der Waals surface area contributed by atoms with E-state index in [1.807, 2.05) is 11.3 Å². The summed E-state index contributed by atoms with van der Waals surface area (Å²) in [5.41, 5.74) is 1.42. The SMILES string of the molecule is CCCCC(C)NC(C)c1sccc1C. The summed E-state index contributed by atoms with van der Waals surface area (Å²) in [6, 6.07) is 3.33. The highest BCUT2D eigenvalue weighted by Gasteiger charge is 2.11. The van der Waals surface area contributed by atoms with Crippen LogP contribution in [0.4, 0.5) is 0 Å². The zero-order chi connectivity index (χ0) is 11.3. The molecule has 1 aromatic rings. The highest BCUT2D eigenvalue weighted by Crippen LogP contribution is 2.24. The summed E-state index contributed by atoms with van der Waals surface area (Å²) in [7, 11) is 0. The lowest BCUT2D eigenvalue weighted by Crippen LogP contribution is -2.28. The van der Waals surface area contributed by atoms with Crippen molar-refractivity contribution in [1.82, 2.24) is 5.32 Å². The second-order valence-corrected chi connectivity index (χ2v) is 5.35. The smallest absolute Gasteiger partial charge is 0.0390 e. The fourth-order valence-electron chi connectivity index (χ4n) is 1.92. The minimum Gasteiger partial charge on any atom is -0.307 e. The number of hydrogen-bond acceptors (Lipinski definition) is 2. The van der Waals surface area contributed by atoms with Crippen LogP contribution in [0.1, 0.15) is 56.5 Å². The Morgan fingerprint density at radius 2 is 2.13 bits per heavy atom. The molecule has 0 fully saturated rings. The Labute approximate surface area is 97.9 Å². The first-order valence-corrected chi connectivity index (χ1v) is 6.83. The average Bonchev–Trinajstić information content (AvgIpc) is 2.61. The normalized spacial score (nSPS) is 15.2. The van der Waals surface area contributed by atoms with E-state index in [2.05, 4.69) is 44.5 Å². The van der Waals surface area contributed by atoms with Crippen molar-refractivity contribution in [1.29, 1.82) is 0 Å². The van der Waals surface area contributed by atoms with E-state index in [0.717, 1.165) is 0 Å². The second-order valence-electron chi connectivity index (χ2n) is 4.40. The summed E-state index contributed by atoms with van der Waals surface area (Å²) in [5, 5.41) is 5.85. The molecule has 1 heterocycles. The van der Waals surface area contributed by atoms with Crippen LogP contribution in [0, 0.1) is 6.92 Å². The maximum Gasteiger partial charge on any atom is 0.0390 e. The molecule has 0 aliphatic rings. The third kappa shape index (κ3) is 3.96. The van der Waals surface area contributed by atoms with Gasteiger partial charge in [0, 0.05) is 17.0 Å². The first kappa shape index (κ1) is 12.7. The van der Waals surface area contributed by atoms with Crippen LogP contribution in [0.2, 0.25) is 0 Å². The number of hydrogen-bond donors (Lipinski definition) is 1. The third-order valence-electron chi connectivity index (χ3n) is 2.82. The van der Waals surface area contributed by atoms with Crippen LogP contribution in [0.25, 0.3) is 0 Å². The van der Waals surface area contributed by atoms with E-state index in [0.29, 0.717) is 12.1 Å². The van der Waals surface area contributed by atoms with Crippen molar-refractivity contribution in [3.05, 3.63) is 21.9 Å². The van der Waals surface area contributed by atoms with E-state index in [9.17, 15) is 0 Å². The van der Waals surface area contributed by atoms with Crippen LogP contribution in [-0.4, -0.2) is 6.04 Å². The summed E-state index contributed by atoms with van der Waals surface area (Å²) in [6.07, 6.45) is 3.90. The van der Waals surface area contributed by atoms with Crippen LogP contribution in [-0.2, 0) is 0 Å². The zero-order valence-corrected chi connectivity index (χ0v) is 11.2. The van der Waals surface area contributed by atoms with Crippen molar-refractivity contribution in [3.8, 4) is 0 Å². The summed E-state index contributed by atoms with van der Waals surface area (Å²) < 4.78 is 0. The first-order chi connectivity index (χ1) is 7.15. The third-order valence-corrected chi connectivity index (χ3v) is 4.02. The van der Waals surface area contributed by atoms with Crippen molar-refractivity contribution in [2.75, 3.05) is 0 Å². The molecule has 0 aliphatic heterocycles. The van der Waals surface area contributed by atoms with Gasteiger partial charge in [-0.1, -0.05) is 19.8 Å². The van der Waals surface area contributed by atoms with E-state index in [1.165, 1.54) is 29.7 Å². The molecule has 1 rings (SSSR count). The van der Waals surface area contributed by atoms with E-state index >= 15 is 0 Å². The van der Waals surface area contributed by atoms with Gasteiger partial charge in [-0.05, 0) is 44.2 Å². The number of thiophene rings is 1. The van der Waals surface area contributed by atoms with Gasteiger partial charge in [0.25, 0.3) is 0 Å². The number of unbranched alkanes of at least 4 members (excludes halogenated alkanes) is 1. The zero-order valence-electron chi connectivity index (χ0n) is 10.3. The van der Waals surface area contributed by atoms with Gasteiger partial charge >= 0.3 is 0 Å². The summed E-state index contributed by atoms with van der Waals surface area (Å²) >= 11 is 1.86. The molecule has 1 nitrogen and oxygen atoms in total. The van der Waals surface area contributed by atoms with Gasteiger partial charge in [0.1, 0.15) is 0 Å². The largest absolute Gasteiger partial charge is 0.307 e. The summed E-state index contributed by atoms with van der Waals surface area (Å²) in [4.78, 5) is 1.48. The Hall–Kier alpha value is -0.340. The van der Waals surface area contributed by atoms with Gasteiger partial charge in [0.2, 0.25) is 0 Å². The van der Waals surface area contributed by atoms with Gasteiger partial charge in [0.05, 0.1) is 0 Å². The molecule has 86 valence electrons. The molecule has 1 N–H and O–H groups in total.